The van der Waals surface area contributed by atoms with Crippen LogP contribution in [0.3, 0.4) is 0 Å². The molecule has 0 amide bonds. The predicted molar refractivity (Wildman–Crippen MR) is 128 cm³/mol. The number of hydrogen-bond acceptors (Lipinski definition) is 6. The number of benzene rings is 2. The van der Waals surface area contributed by atoms with E-state index in [4.69, 9.17) is 19.2 Å². The lowest BCUT2D eigenvalue weighted by molar-refractivity contribution is -0.147. The first-order valence-electron chi connectivity index (χ1n) is 11.8. The van der Waals surface area contributed by atoms with Crippen LogP contribution in [0.5, 0.6) is 11.5 Å². The van der Waals surface area contributed by atoms with Crippen molar-refractivity contribution in [3.63, 3.8) is 0 Å². The minimum atomic E-state index is -0.657. The number of ketones is 1. The number of hydrogen-bond donors (Lipinski definition) is 0. The van der Waals surface area contributed by atoms with Crippen molar-refractivity contribution < 1.29 is 23.8 Å². The molecule has 1 aliphatic carbocycles. The Morgan fingerprint density at radius 3 is 2.59 bits per heavy atom. The van der Waals surface area contributed by atoms with Crippen molar-refractivity contribution in [2.45, 2.75) is 45.4 Å². The minimum Gasteiger partial charge on any atom is -0.465 e. The van der Waals surface area contributed by atoms with Crippen LogP contribution in [0.1, 0.15) is 56.6 Å². The summed E-state index contributed by atoms with van der Waals surface area (Å²) in [4.78, 5) is 31.8. The molecule has 3 atom stereocenters. The van der Waals surface area contributed by atoms with E-state index in [9.17, 15) is 9.59 Å². The fourth-order valence-electron chi connectivity index (χ4n) is 5.13. The Labute approximate surface area is 199 Å². The highest BCUT2D eigenvalue weighted by molar-refractivity contribution is 6.09. The van der Waals surface area contributed by atoms with Gasteiger partial charge in [0.2, 0.25) is 6.79 Å². The van der Waals surface area contributed by atoms with Gasteiger partial charge in [-0.1, -0.05) is 50.2 Å². The van der Waals surface area contributed by atoms with Crippen LogP contribution in [0, 0.1) is 11.8 Å². The Bertz CT molecular complexity index is 1180. The molecule has 0 saturated carbocycles. The van der Waals surface area contributed by atoms with Crippen LogP contribution in [0.4, 0.5) is 0 Å². The van der Waals surface area contributed by atoms with Crippen molar-refractivity contribution in [1.82, 2.24) is 0 Å². The summed E-state index contributed by atoms with van der Waals surface area (Å²) >= 11 is 0. The van der Waals surface area contributed by atoms with Crippen molar-refractivity contribution in [2.24, 2.45) is 16.8 Å². The van der Waals surface area contributed by atoms with Gasteiger partial charge in [-0.15, -0.1) is 0 Å². The summed E-state index contributed by atoms with van der Waals surface area (Å²) < 4.78 is 16.7. The van der Waals surface area contributed by atoms with E-state index in [0.717, 1.165) is 16.8 Å². The van der Waals surface area contributed by atoms with Crippen molar-refractivity contribution in [3.8, 4) is 11.5 Å². The molecule has 0 saturated heterocycles. The highest BCUT2D eigenvalue weighted by atomic mass is 16.7. The molecular formula is C28H29NO5. The molecule has 2 aliphatic heterocycles. The Balaban J connectivity index is 1.57. The molecule has 6 nitrogen and oxygen atoms in total. The second-order valence-corrected chi connectivity index (χ2v) is 9.64. The predicted octanol–water partition coefficient (Wildman–Crippen LogP) is 5.19. The number of esters is 1. The third-order valence-electron chi connectivity index (χ3n) is 6.73. The minimum absolute atomic E-state index is 0.0377. The smallest absolute Gasteiger partial charge is 0.315 e. The zero-order chi connectivity index (χ0) is 23.8. The first-order chi connectivity index (χ1) is 16.4. The highest BCUT2D eigenvalue weighted by Gasteiger charge is 2.45. The molecule has 0 radical (unpaired) electrons. The molecule has 1 unspecified atom stereocenters. The maximum Gasteiger partial charge on any atom is 0.315 e. The first-order valence-corrected chi connectivity index (χ1v) is 11.8. The Morgan fingerprint density at radius 1 is 1.06 bits per heavy atom. The van der Waals surface area contributed by atoms with E-state index in [2.05, 4.69) is 12.1 Å². The molecule has 176 valence electrons. The number of nitrogens with zero attached hydrogens (tertiary/aromatic N) is 1. The number of carbonyl (C=O) groups is 2. The van der Waals surface area contributed by atoms with Crippen LogP contribution in [0.2, 0.25) is 0 Å². The van der Waals surface area contributed by atoms with E-state index in [0.29, 0.717) is 42.2 Å². The van der Waals surface area contributed by atoms with Crippen LogP contribution < -0.4 is 9.47 Å². The van der Waals surface area contributed by atoms with Crippen LogP contribution in [0.15, 0.2) is 64.8 Å². The summed E-state index contributed by atoms with van der Waals surface area (Å²) in [5, 5.41) is 0. The fraction of sp³-hybridized carbons (Fsp3) is 0.393. The Hall–Kier alpha value is -3.41. The van der Waals surface area contributed by atoms with E-state index in [1.165, 1.54) is 0 Å². The third kappa shape index (κ3) is 4.13. The summed E-state index contributed by atoms with van der Waals surface area (Å²) in [7, 11) is 0. The van der Waals surface area contributed by atoms with E-state index >= 15 is 0 Å². The normalized spacial score (nSPS) is 23.6. The van der Waals surface area contributed by atoms with Crippen molar-refractivity contribution in [3.05, 3.63) is 70.9 Å². The summed E-state index contributed by atoms with van der Waals surface area (Å²) in [6, 6.07) is 15.7. The van der Waals surface area contributed by atoms with Gasteiger partial charge in [0, 0.05) is 29.3 Å². The number of ether oxygens (including phenoxy) is 3. The molecule has 0 N–H and O–H groups in total. The van der Waals surface area contributed by atoms with E-state index < -0.39 is 11.8 Å². The third-order valence-corrected chi connectivity index (χ3v) is 6.73. The standard InChI is InChI=1S/C28H29NO5/c1-16(2)14-32-28(31)25-17(3)29-21-11-20(18-7-5-4-6-8-18)12-22(30)27(21)26(25)19-9-10-23-24(13-19)34-15-33-23/h4-10,13,16,20,25-26H,11-12,14-15H2,1-3H3/t20-,25?,26+/m1/s1. The van der Waals surface area contributed by atoms with Gasteiger partial charge in [0.15, 0.2) is 17.3 Å². The number of allylic oxidation sites excluding steroid dienone is 2. The van der Waals surface area contributed by atoms with Gasteiger partial charge in [0.1, 0.15) is 5.92 Å². The monoisotopic (exact) mass is 459 g/mol. The number of rotatable bonds is 5. The van der Waals surface area contributed by atoms with Crippen LogP contribution >= 0.6 is 0 Å². The molecule has 2 aromatic carbocycles. The summed E-state index contributed by atoms with van der Waals surface area (Å²) in [6.45, 7) is 6.35. The molecule has 2 heterocycles. The van der Waals surface area contributed by atoms with E-state index in [1.807, 2.05) is 57.2 Å². The lowest BCUT2D eigenvalue weighted by Crippen LogP contribution is -2.38. The summed E-state index contributed by atoms with van der Waals surface area (Å²) in [5.74, 6) is 0.146. The second kappa shape index (κ2) is 9.09. The molecular weight excluding hydrogens is 430 g/mol. The quantitative estimate of drug-likeness (QED) is 0.576. The topological polar surface area (TPSA) is 74.2 Å². The molecule has 5 rings (SSSR count). The average Bonchev–Trinajstić information content (AvgIpc) is 3.30. The van der Waals surface area contributed by atoms with E-state index in [-0.39, 0.29) is 30.4 Å². The van der Waals surface area contributed by atoms with Crippen molar-refractivity contribution in [2.75, 3.05) is 13.4 Å². The highest BCUT2D eigenvalue weighted by Crippen LogP contribution is 2.48. The van der Waals surface area contributed by atoms with Gasteiger partial charge in [0.05, 0.1) is 6.61 Å². The van der Waals surface area contributed by atoms with Gasteiger partial charge in [-0.2, -0.15) is 0 Å². The van der Waals surface area contributed by atoms with Gasteiger partial charge < -0.3 is 14.2 Å². The molecule has 0 bridgehead atoms. The van der Waals surface area contributed by atoms with Gasteiger partial charge in [-0.3, -0.25) is 14.6 Å². The van der Waals surface area contributed by atoms with Gasteiger partial charge in [-0.25, -0.2) is 0 Å². The number of carbonyl (C=O) groups excluding carboxylic acids is 2. The SMILES string of the molecule is CC1=NC2=C(C(=O)C[C@H](c3ccccc3)C2)[C@@H](c2ccc3c(c2)OCO3)C1C(=O)OCC(C)C. The summed E-state index contributed by atoms with van der Waals surface area (Å²) in [5.41, 5.74) is 4.05. The van der Waals surface area contributed by atoms with Crippen molar-refractivity contribution >= 4 is 17.5 Å². The second-order valence-electron chi connectivity index (χ2n) is 9.64. The number of Topliss-reactive ketones (excluding diaryl/α,β-unsaturated/α-hetero) is 1. The number of fused-ring (bicyclic) bond motifs is 1. The largest absolute Gasteiger partial charge is 0.465 e. The van der Waals surface area contributed by atoms with Crippen LogP contribution in [0.25, 0.3) is 0 Å². The molecule has 3 aliphatic rings. The van der Waals surface area contributed by atoms with Crippen LogP contribution in [-0.4, -0.2) is 30.9 Å². The maximum atomic E-state index is 13.6. The molecule has 34 heavy (non-hydrogen) atoms. The molecule has 0 aromatic heterocycles. The zero-order valence-corrected chi connectivity index (χ0v) is 19.7. The average molecular weight is 460 g/mol. The maximum absolute atomic E-state index is 13.6. The van der Waals surface area contributed by atoms with Gasteiger partial charge in [0.25, 0.3) is 0 Å². The van der Waals surface area contributed by atoms with E-state index in [1.54, 1.807) is 0 Å². The molecule has 0 spiro atoms. The van der Waals surface area contributed by atoms with Crippen LogP contribution in [-0.2, 0) is 14.3 Å². The zero-order valence-electron chi connectivity index (χ0n) is 19.7. The fourth-order valence-corrected chi connectivity index (χ4v) is 5.13. The van der Waals surface area contributed by atoms with Gasteiger partial charge >= 0.3 is 5.97 Å². The van der Waals surface area contributed by atoms with Crippen molar-refractivity contribution in [1.29, 1.82) is 0 Å². The molecule has 0 fully saturated rings. The lowest BCUT2D eigenvalue weighted by atomic mass is 9.69. The Morgan fingerprint density at radius 2 is 1.82 bits per heavy atom. The Kier molecular flexibility index (Phi) is 5.98. The molecule has 6 heteroatoms. The lowest BCUT2D eigenvalue weighted by Gasteiger charge is -2.36. The number of aliphatic imine (C=N–C) groups is 1. The summed E-state index contributed by atoms with van der Waals surface area (Å²) in [6.07, 6.45) is 1.06. The van der Waals surface area contributed by atoms with Gasteiger partial charge in [-0.05, 0) is 48.4 Å². The first kappa shape index (κ1) is 22.4. The molecule has 2 aromatic rings.